The summed E-state index contributed by atoms with van der Waals surface area (Å²) < 4.78 is 5.12. The molecule has 2 heterocycles. The molecule has 8 aromatic rings. The van der Waals surface area contributed by atoms with Crippen molar-refractivity contribution in [1.82, 2.24) is 9.13 Å². The number of benzene rings is 6. The molecule has 2 heteroatoms. The van der Waals surface area contributed by atoms with Crippen LogP contribution < -0.4 is 0 Å². The largest absolute Gasteiger partial charge is 0.308 e. The van der Waals surface area contributed by atoms with Gasteiger partial charge in [-0.2, -0.15) is 0 Å². The summed E-state index contributed by atoms with van der Waals surface area (Å²) in [7, 11) is 0. The van der Waals surface area contributed by atoms with Gasteiger partial charge in [-0.25, -0.2) is 0 Å². The van der Waals surface area contributed by atoms with Gasteiger partial charge in [-0.1, -0.05) is 115 Å². The molecule has 46 heavy (non-hydrogen) atoms. The third-order valence-corrected chi connectivity index (χ3v) is 10.2. The van der Waals surface area contributed by atoms with Crippen molar-refractivity contribution in [2.45, 2.75) is 25.7 Å². The van der Waals surface area contributed by atoms with Crippen molar-refractivity contribution in [2.75, 3.05) is 0 Å². The van der Waals surface area contributed by atoms with Crippen molar-refractivity contribution < 1.29 is 0 Å². The highest BCUT2D eigenvalue weighted by Gasteiger charge is 2.26. The van der Waals surface area contributed by atoms with E-state index in [1.54, 1.807) is 0 Å². The maximum Gasteiger partial charge on any atom is 0.0620 e. The molecule has 0 atom stereocenters. The van der Waals surface area contributed by atoms with Crippen LogP contribution in [-0.4, -0.2) is 9.13 Å². The van der Waals surface area contributed by atoms with E-state index in [9.17, 15) is 0 Å². The Labute approximate surface area is 268 Å². The van der Waals surface area contributed by atoms with Gasteiger partial charge in [0.2, 0.25) is 0 Å². The van der Waals surface area contributed by atoms with Crippen LogP contribution in [0, 0.1) is 0 Å². The highest BCUT2D eigenvalue weighted by atomic mass is 15.0. The Bertz CT molecular complexity index is 2570. The molecular weight excluding hydrogens is 556 g/mol. The van der Waals surface area contributed by atoms with Gasteiger partial charge >= 0.3 is 0 Å². The number of aryl methyl sites for hydroxylation is 2. The SMILES string of the molecule is C1=Cc2c(c3ccccc3n2-c2c3ccccc3c(-n3c4c(c5ccccc53)CCC=C4)c3cc(-c4ccccc4)ccc23)CC1. The monoisotopic (exact) mass is 588 g/mol. The lowest BCUT2D eigenvalue weighted by molar-refractivity contribution is 0.969. The first-order chi connectivity index (χ1) is 22.9. The molecule has 0 aliphatic heterocycles. The molecule has 0 N–H and O–H groups in total. The molecule has 0 amide bonds. The van der Waals surface area contributed by atoms with E-state index in [-0.39, 0.29) is 0 Å². The van der Waals surface area contributed by atoms with Crippen LogP contribution in [0.4, 0.5) is 0 Å². The number of allylic oxidation sites excluding steroid dienone is 2. The Hall–Kier alpha value is -5.60. The fourth-order valence-electron chi connectivity index (χ4n) is 8.28. The number of fused-ring (bicyclic) bond motifs is 8. The van der Waals surface area contributed by atoms with Gasteiger partial charge < -0.3 is 9.13 Å². The minimum atomic E-state index is 1.07. The van der Waals surface area contributed by atoms with E-state index >= 15 is 0 Å². The number of nitrogens with zero attached hydrogens (tertiary/aromatic N) is 2. The molecule has 10 rings (SSSR count). The van der Waals surface area contributed by atoms with Crippen molar-refractivity contribution in [3.8, 4) is 22.5 Å². The van der Waals surface area contributed by atoms with Crippen LogP contribution in [0.25, 0.3) is 78.0 Å². The topological polar surface area (TPSA) is 9.86 Å². The number of hydrogen-bond donors (Lipinski definition) is 0. The Morgan fingerprint density at radius 1 is 0.391 bits per heavy atom. The fraction of sp³-hybridized carbons (Fsp3) is 0.0909. The molecule has 6 aromatic carbocycles. The summed E-state index contributed by atoms with van der Waals surface area (Å²) in [5.41, 5.74) is 13.1. The number of para-hydroxylation sites is 2. The second-order valence-electron chi connectivity index (χ2n) is 12.7. The van der Waals surface area contributed by atoms with Crippen molar-refractivity contribution in [2.24, 2.45) is 0 Å². The molecule has 0 saturated carbocycles. The molecule has 0 unspecified atom stereocenters. The minimum absolute atomic E-state index is 1.07. The van der Waals surface area contributed by atoms with Crippen molar-refractivity contribution in [3.63, 3.8) is 0 Å². The lowest BCUT2D eigenvalue weighted by Gasteiger charge is -2.23. The van der Waals surface area contributed by atoms with E-state index in [0.29, 0.717) is 0 Å². The summed E-state index contributed by atoms with van der Waals surface area (Å²) in [5, 5.41) is 7.79. The average molecular weight is 589 g/mol. The van der Waals surface area contributed by atoms with Gasteiger partial charge in [0.25, 0.3) is 0 Å². The van der Waals surface area contributed by atoms with E-state index < -0.39 is 0 Å². The molecule has 0 spiro atoms. The van der Waals surface area contributed by atoms with Crippen LogP contribution in [0.2, 0.25) is 0 Å². The normalized spacial score (nSPS) is 14.0. The van der Waals surface area contributed by atoms with E-state index in [0.717, 1.165) is 25.7 Å². The van der Waals surface area contributed by atoms with Gasteiger partial charge in [-0.15, -0.1) is 0 Å². The summed E-state index contributed by atoms with van der Waals surface area (Å²) >= 11 is 0. The summed E-state index contributed by atoms with van der Waals surface area (Å²) in [4.78, 5) is 0. The van der Waals surface area contributed by atoms with Crippen LogP contribution in [0.5, 0.6) is 0 Å². The highest BCUT2D eigenvalue weighted by Crippen LogP contribution is 2.45. The highest BCUT2D eigenvalue weighted by molar-refractivity contribution is 6.17. The van der Waals surface area contributed by atoms with Gasteiger partial charge in [0, 0.05) is 43.7 Å². The molecular formula is C44H32N2. The van der Waals surface area contributed by atoms with Crippen LogP contribution in [0.15, 0.2) is 133 Å². The second-order valence-corrected chi connectivity index (χ2v) is 12.7. The zero-order chi connectivity index (χ0) is 30.2. The Morgan fingerprint density at radius 3 is 1.46 bits per heavy atom. The van der Waals surface area contributed by atoms with Crippen molar-refractivity contribution in [3.05, 3.63) is 156 Å². The first-order valence-electron chi connectivity index (χ1n) is 16.5. The predicted molar refractivity (Wildman–Crippen MR) is 195 cm³/mol. The van der Waals surface area contributed by atoms with Gasteiger partial charge in [-0.05, 0) is 78.3 Å². The first-order valence-corrected chi connectivity index (χ1v) is 16.5. The summed E-state index contributed by atoms with van der Waals surface area (Å²) in [5.74, 6) is 0. The van der Waals surface area contributed by atoms with Gasteiger partial charge in [0.15, 0.2) is 0 Å². The molecule has 0 saturated heterocycles. The standard InChI is InChI=1S/C44H32N2/c1-2-14-29(15-3-1)30-26-27-37-38(28-30)44(46-41-24-12-8-18-33(41)34-19-9-13-25-42(34)46)36-21-5-4-20-35(36)43(37)45-39-22-10-6-16-31(39)32-17-7-11-23-40(32)45/h1-6,8,10-16,18,20-28H,7,9,17,19H2. The van der Waals surface area contributed by atoms with E-state index in [1.165, 1.54) is 88.4 Å². The second kappa shape index (κ2) is 9.95. The average Bonchev–Trinajstić information content (AvgIpc) is 3.64. The molecule has 0 bridgehead atoms. The zero-order valence-electron chi connectivity index (χ0n) is 25.6. The Kier molecular flexibility index (Phi) is 5.56. The number of aromatic nitrogens is 2. The van der Waals surface area contributed by atoms with E-state index in [2.05, 4.69) is 155 Å². The molecule has 2 aliphatic carbocycles. The Balaban J connectivity index is 1.43. The Morgan fingerprint density at radius 2 is 0.870 bits per heavy atom. The smallest absolute Gasteiger partial charge is 0.0620 e. The van der Waals surface area contributed by atoms with Crippen LogP contribution >= 0.6 is 0 Å². The van der Waals surface area contributed by atoms with E-state index in [4.69, 9.17) is 0 Å². The van der Waals surface area contributed by atoms with Gasteiger partial charge in [-0.3, -0.25) is 0 Å². The summed E-state index contributed by atoms with van der Waals surface area (Å²) in [6, 6.07) is 45.0. The number of hydrogen-bond acceptors (Lipinski definition) is 0. The lowest BCUT2D eigenvalue weighted by Crippen LogP contribution is -2.06. The minimum Gasteiger partial charge on any atom is -0.308 e. The molecule has 2 nitrogen and oxygen atoms in total. The molecule has 2 aromatic heterocycles. The van der Waals surface area contributed by atoms with Crippen molar-refractivity contribution >= 4 is 55.5 Å². The maximum atomic E-state index is 2.56. The summed E-state index contributed by atoms with van der Waals surface area (Å²) in [6.07, 6.45) is 13.7. The summed E-state index contributed by atoms with van der Waals surface area (Å²) in [6.45, 7) is 0. The van der Waals surface area contributed by atoms with Crippen molar-refractivity contribution in [1.29, 1.82) is 0 Å². The molecule has 218 valence electrons. The predicted octanol–water partition coefficient (Wildman–Crippen LogP) is 11.5. The zero-order valence-corrected chi connectivity index (χ0v) is 25.6. The third-order valence-electron chi connectivity index (χ3n) is 10.2. The first kappa shape index (κ1) is 25.7. The number of rotatable bonds is 3. The van der Waals surface area contributed by atoms with Crippen LogP contribution in [-0.2, 0) is 12.8 Å². The molecule has 0 fully saturated rings. The van der Waals surface area contributed by atoms with Crippen LogP contribution in [0.3, 0.4) is 0 Å². The fourth-order valence-corrected chi connectivity index (χ4v) is 8.28. The third kappa shape index (κ3) is 3.59. The molecule has 0 radical (unpaired) electrons. The quantitative estimate of drug-likeness (QED) is 0.182. The molecule has 2 aliphatic rings. The van der Waals surface area contributed by atoms with Crippen LogP contribution in [0.1, 0.15) is 35.4 Å². The van der Waals surface area contributed by atoms with E-state index in [1.807, 2.05) is 0 Å². The van der Waals surface area contributed by atoms with Gasteiger partial charge in [0.05, 0.1) is 22.4 Å². The lowest BCUT2D eigenvalue weighted by atomic mass is 9.94. The van der Waals surface area contributed by atoms with Gasteiger partial charge in [0.1, 0.15) is 0 Å². The maximum absolute atomic E-state index is 2.56.